The number of nitrogens with zero attached hydrogens (tertiary/aromatic N) is 2. The fraction of sp³-hybridized carbons (Fsp3) is 0.625. The van der Waals surface area contributed by atoms with Gasteiger partial charge in [0.2, 0.25) is 5.91 Å². The second-order valence-electron chi connectivity index (χ2n) is 6.80. The van der Waals surface area contributed by atoms with Crippen molar-refractivity contribution in [2.24, 2.45) is 5.41 Å². The molecular weight excluding hydrogens is 330 g/mol. The van der Waals surface area contributed by atoms with Crippen LogP contribution in [0.5, 0.6) is 0 Å². The zero-order valence-electron chi connectivity index (χ0n) is 13.2. The molecule has 1 N–H and O–H groups in total. The van der Waals surface area contributed by atoms with Gasteiger partial charge >= 0.3 is 0 Å². The third-order valence-corrected chi connectivity index (χ3v) is 4.19. The van der Waals surface area contributed by atoms with Crippen molar-refractivity contribution in [2.75, 3.05) is 18.0 Å². The average Bonchev–Trinajstić information content (AvgIpc) is 2.37. The molecule has 21 heavy (non-hydrogen) atoms. The number of amides is 1. The number of pyridine rings is 1. The number of piperidine rings is 1. The second-order valence-corrected chi connectivity index (χ2v) is 7.72. The SMILES string of the molecule is Cc1cc(Br)cnc1N1CCCC(NC(=O)C(C)(C)C)C1. The maximum absolute atomic E-state index is 12.1. The van der Waals surface area contributed by atoms with Crippen molar-refractivity contribution in [3.05, 3.63) is 22.3 Å². The third kappa shape index (κ3) is 4.19. The van der Waals surface area contributed by atoms with Crippen LogP contribution in [-0.4, -0.2) is 30.0 Å². The van der Waals surface area contributed by atoms with E-state index < -0.39 is 0 Å². The Labute approximate surface area is 135 Å². The first-order chi connectivity index (χ1) is 9.77. The highest BCUT2D eigenvalue weighted by Gasteiger charge is 2.27. The zero-order valence-corrected chi connectivity index (χ0v) is 14.8. The molecule has 0 spiro atoms. The molecule has 1 fully saturated rings. The van der Waals surface area contributed by atoms with Crippen LogP contribution in [0.3, 0.4) is 0 Å². The fourth-order valence-corrected chi connectivity index (χ4v) is 3.00. The molecule has 1 atom stereocenters. The zero-order chi connectivity index (χ0) is 15.6. The Balaban J connectivity index is 2.05. The maximum atomic E-state index is 12.1. The summed E-state index contributed by atoms with van der Waals surface area (Å²) in [5, 5.41) is 3.17. The first-order valence-corrected chi connectivity index (χ1v) is 8.25. The van der Waals surface area contributed by atoms with Gasteiger partial charge in [0.05, 0.1) is 0 Å². The fourth-order valence-electron chi connectivity index (χ4n) is 2.55. The lowest BCUT2D eigenvalue weighted by molar-refractivity contribution is -0.129. The predicted octanol–water partition coefficient (Wildman–Crippen LogP) is 3.28. The molecule has 0 bridgehead atoms. The minimum absolute atomic E-state index is 0.120. The smallest absolute Gasteiger partial charge is 0.225 e. The Morgan fingerprint density at radius 3 is 2.81 bits per heavy atom. The second kappa shape index (κ2) is 6.34. The number of hydrogen-bond donors (Lipinski definition) is 1. The summed E-state index contributed by atoms with van der Waals surface area (Å²) in [4.78, 5) is 18.9. The van der Waals surface area contributed by atoms with Crippen LogP contribution < -0.4 is 10.2 Å². The van der Waals surface area contributed by atoms with Crippen LogP contribution in [0.2, 0.25) is 0 Å². The lowest BCUT2D eigenvalue weighted by atomic mass is 9.94. The molecule has 0 radical (unpaired) electrons. The minimum Gasteiger partial charge on any atom is -0.354 e. The van der Waals surface area contributed by atoms with E-state index in [0.717, 1.165) is 41.8 Å². The summed E-state index contributed by atoms with van der Waals surface area (Å²) in [5.41, 5.74) is 0.820. The third-order valence-electron chi connectivity index (χ3n) is 3.75. The number of anilines is 1. The van der Waals surface area contributed by atoms with E-state index in [1.54, 1.807) is 0 Å². The summed E-state index contributed by atoms with van der Waals surface area (Å²) < 4.78 is 0.998. The van der Waals surface area contributed by atoms with Crippen molar-refractivity contribution in [3.63, 3.8) is 0 Å². The van der Waals surface area contributed by atoms with Gasteiger partial charge in [-0.05, 0) is 47.3 Å². The van der Waals surface area contributed by atoms with Crippen LogP contribution in [0.15, 0.2) is 16.7 Å². The van der Waals surface area contributed by atoms with Gasteiger partial charge in [-0.25, -0.2) is 4.98 Å². The van der Waals surface area contributed by atoms with Crippen LogP contribution >= 0.6 is 15.9 Å². The molecule has 1 amide bonds. The Morgan fingerprint density at radius 1 is 1.48 bits per heavy atom. The monoisotopic (exact) mass is 353 g/mol. The number of rotatable bonds is 2. The van der Waals surface area contributed by atoms with E-state index in [0.29, 0.717) is 0 Å². The van der Waals surface area contributed by atoms with Gasteiger partial charge in [-0.3, -0.25) is 4.79 Å². The Morgan fingerprint density at radius 2 is 2.19 bits per heavy atom. The van der Waals surface area contributed by atoms with Crippen LogP contribution in [0.4, 0.5) is 5.82 Å². The molecule has 1 unspecified atom stereocenters. The molecule has 1 aliphatic rings. The molecule has 4 nitrogen and oxygen atoms in total. The van der Waals surface area contributed by atoms with Crippen LogP contribution in [-0.2, 0) is 4.79 Å². The normalized spacial score (nSPS) is 19.5. The van der Waals surface area contributed by atoms with Gasteiger partial charge in [-0.1, -0.05) is 20.8 Å². The van der Waals surface area contributed by atoms with Crippen molar-refractivity contribution in [1.82, 2.24) is 10.3 Å². The van der Waals surface area contributed by atoms with Gasteiger partial charge in [0.1, 0.15) is 5.82 Å². The van der Waals surface area contributed by atoms with Gasteiger partial charge in [-0.2, -0.15) is 0 Å². The largest absolute Gasteiger partial charge is 0.354 e. The number of aromatic nitrogens is 1. The van der Waals surface area contributed by atoms with Gasteiger partial charge in [0.25, 0.3) is 0 Å². The van der Waals surface area contributed by atoms with Crippen molar-refractivity contribution in [1.29, 1.82) is 0 Å². The Kier molecular flexibility index (Phi) is 4.91. The van der Waals surface area contributed by atoms with E-state index in [1.807, 2.05) is 27.0 Å². The van der Waals surface area contributed by atoms with Crippen LogP contribution in [0.1, 0.15) is 39.2 Å². The number of halogens is 1. The minimum atomic E-state index is -0.339. The molecule has 116 valence electrons. The van der Waals surface area contributed by atoms with Crippen molar-refractivity contribution in [2.45, 2.75) is 46.6 Å². The van der Waals surface area contributed by atoms with Gasteiger partial charge in [0.15, 0.2) is 0 Å². The predicted molar refractivity (Wildman–Crippen MR) is 89.5 cm³/mol. The quantitative estimate of drug-likeness (QED) is 0.887. The van der Waals surface area contributed by atoms with E-state index in [-0.39, 0.29) is 17.4 Å². The highest BCUT2D eigenvalue weighted by molar-refractivity contribution is 9.10. The van der Waals surface area contributed by atoms with Gasteiger partial charge in [0, 0.05) is 35.2 Å². The van der Waals surface area contributed by atoms with Crippen molar-refractivity contribution >= 4 is 27.7 Å². The summed E-state index contributed by atoms with van der Waals surface area (Å²) in [7, 11) is 0. The van der Waals surface area contributed by atoms with Crippen molar-refractivity contribution < 1.29 is 4.79 Å². The Bertz CT molecular complexity index is 525. The summed E-state index contributed by atoms with van der Waals surface area (Å²) in [5.74, 6) is 1.14. The topological polar surface area (TPSA) is 45.2 Å². The summed E-state index contributed by atoms with van der Waals surface area (Å²) >= 11 is 3.45. The number of carbonyl (C=O) groups excluding carboxylic acids is 1. The molecule has 1 aromatic heterocycles. The lowest BCUT2D eigenvalue weighted by Crippen LogP contribution is -2.50. The molecule has 1 aromatic rings. The molecule has 1 aliphatic heterocycles. The lowest BCUT2D eigenvalue weighted by Gasteiger charge is -2.35. The van der Waals surface area contributed by atoms with E-state index in [1.165, 1.54) is 0 Å². The molecular formula is C16H24BrN3O. The van der Waals surface area contributed by atoms with Gasteiger partial charge in [-0.15, -0.1) is 0 Å². The molecule has 0 aromatic carbocycles. The highest BCUT2D eigenvalue weighted by Crippen LogP contribution is 2.24. The molecule has 2 rings (SSSR count). The maximum Gasteiger partial charge on any atom is 0.225 e. The summed E-state index contributed by atoms with van der Waals surface area (Å²) in [6.45, 7) is 9.75. The number of carbonyl (C=O) groups is 1. The molecule has 2 heterocycles. The molecule has 0 saturated carbocycles. The van der Waals surface area contributed by atoms with Crippen molar-refractivity contribution in [3.8, 4) is 0 Å². The average molecular weight is 354 g/mol. The number of nitrogens with one attached hydrogen (secondary N) is 1. The standard InChI is InChI=1S/C16H24BrN3O/c1-11-8-12(17)9-18-14(11)20-7-5-6-13(10-20)19-15(21)16(2,3)4/h8-9,13H,5-7,10H2,1-4H3,(H,19,21). The first-order valence-electron chi connectivity index (χ1n) is 7.45. The number of aryl methyl sites for hydroxylation is 1. The van der Waals surface area contributed by atoms with E-state index >= 15 is 0 Å². The van der Waals surface area contributed by atoms with E-state index in [9.17, 15) is 4.79 Å². The van der Waals surface area contributed by atoms with Crippen LogP contribution in [0, 0.1) is 12.3 Å². The molecule has 1 saturated heterocycles. The summed E-state index contributed by atoms with van der Waals surface area (Å²) in [6.07, 6.45) is 3.94. The van der Waals surface area contributed by atoms with E-state index in [4.69, 9.17) is 0 Å². The van der Waals surface area contributed by atoms with E-state index in [2.05, 4.69) is 44.1 Å². The molecule has 5 heteroatoms. The summed E-state index contributed by atoms with van der Waals surface area (Å²) in [6, 6.07) is 2.29. The number of hydrogen-bond acceptors (Lipinski definition) is 3. The van der Waals surface area contributed by atoms with Crippen LogP contribution in [0.25, 0.3) is 0 Å². The highest BCUT2D eigenvalue weighted by atomic mass is 79.9. The first kappa shape index (κ1) is 16.3. The Hall–Kier alpha value is -1.10. The molecule has 0 aliphatic carbocycles. The van der Waals surface area contributed by atoms with Gasteiger partial charge < -0.3 is 10.2 Å².